The molecule has 0 heterocycles. The van der Waals surface area contributed by atoms with Crippen LogP contribution in [0, 0.1) is 24.7 Å². The van der Waals surface area contributed by atoms with Crippen LogP contribution in [0.5, 0.6) is 0 Å². The SMILES string of the molecule is C#CCC(NC(=O)C#C)C(N)=O. The molecule has 0 aliphatic heterocycles. The first-order valence-electron chi connectivity index (χ1n) is 3.11. The molecule has 4 heteroatoms. The minimum Gasteiger partial charge on any atom is -0.368 e. The minimum atomic E-state index is -0.876. The van der Waals surface area contributed by atoms with Crippen LogP contribution in [0.15, 0.2) is 0 Å². The normalized spacial score (nSPS) is 10.5. The van der Waals surface area contributed by atoms with E-state index in [0.717, 1.165) is 0 Å². The van der Waals surface area contributed by atoms with E-state index in [1.165, 1.54) is 0 Å². The van der Waals surface area contributed by atoms with E-state index in [2.05, 4.69) is 11.2 Å². The molecule has 0 saturated heterocycles. The fraction of sp³-hybridized carbons (Fsp3) is 0.250. The van der Waals surface area contributed by atoms with Crippen molar-refractivity contribution in [3.8, 4) is 24.7 Å². The Morgan fingerprint density at radius 3 is 2.42 bits per heavy atom. The summed E-state index contributed by atoms with van der Waals surface area (Å²) >= 11 is 0. The highest BCUT2D eigenvalue weighted by Crippen LogP contribution is 1.88. The zero-order chi connectivity index (χ0) is 9.56. The van der Waals surface area contributed by atoms with Gasteiger partial charge in [0.1, 0.15) is 6.04 Å². The maximum absolute atomic E-state index is 10.6. The fourth-order valence-corrected chi connectivity index (χ4v) is 0.541. The summed E-state index contributed by atoms with van der Waals surface area (Å²) in [6, 6.07) is -0.876. The minimum absolute atomic E-state index is 0.0444. The summed E-state index contributed by atoms with van der Waals surface area (Å²) in [7, 11) is 0. The van der Waals surface area contributed by atoms with Gasteiger partial charge in [0.15, 0.2) is 0 Å². The molecule has 1 atom stereocenters. The molecule has 0 saturated carbocycles. The first-order valence-corrected chi connectivity index (χ1v) is 3.11. The predicted molar refractivity (Wildman–Crippen MR) is 43.4 cm³/mol. The monoisotopic (exact) mass is 164 g/mol. The lowest BCUT2D eigenvalue weighted by atomic mass is 10.2. The Kier molecular flexibility index (Phi) is 4.03. The Labute approximate surface area is 70.5 Å². The molecule has 0 aromatic heterocycles. The highest BCUT2D eigenvalue weighted by molar-refractivity contribution is 5.96. The van der Waals surface area contributed by atoms with Gasteiger partial charge < -0.3 is 11.1 Å². The smallest absolute Gasteiger partial charge is 0.296 e. The highest BCUT2D eigenvalue weighted by Gasteiger charge is 2.14. The largest absolute Gasteiger partial charge is 0.368 e. The molecule has 0 aromatic rings. The van der Waals surface area contributed by atoms with Crippen molar-refractivity contribution in [2.75, 3.05) is 0 Å². The van der Waals surface area contributed by atoms with Gasteiger partial charge in [-0.15, -0.1) is 18.8 Å². The Morgan fingerprint density at radius 2 is 2.08 bits per heavy atom. The van der Waals surface area contributed by atoms with Crippen molar-refractivity contribution in [2.24, 2.45) is 5.73 Å². The van der Waals surface area contributed by atoms with Crippen molar-refractivity contribution in [1.29, 1.82) is 0 Å². The molecule has 0 rings (SSSR count). The summed E-state index contributed by atoms with van der Waals surface area (Å²) in [5.74, 6) is 2.58. The van der Waals surface area contributed by atoms with Gasteiger partial charge in [0, 0.05) is 6.42 Å². The number of nitrogens with one attached hydrogen (secondary N) is 1. The van der Waals surface area contributed by atoms with Crippen molar-refractivity contribution in [2.45, 2.75) is 12.5 Å². The number of rotatable bonds is 3. The summed E-state index contributed by atoms with van der Waals surface area (Å²) in [6.07, 6.45) is 9.72. The zero-order valence-corrected chi connectivity index (χ0v) is 6.33. The van der Waals surface area contributed by atoms with Crippen LogP contribution in [0.2, 0.25) is 0 Å². The molecule has 0 aliphatic carbocycles. The number of terminal acetylenes is 2. The van der Waals surface area contributed by atoms with E-state index in [4.69, 9.17) is 18.6 Å². The van der Waals surface area contributed by atoms with Gasteiger partial charge >= 0.3 is 0 Å². The van der Waals surface area contributed by atoms with Crippen LogP contribution in [-0.2, 0) is 9.59 Å². The second kappa shape index (κ2) is 4.81. The van der Waals surface area contributed by atoms with E-state index in [-0.39, 0.29) is 6.42 Å². The Bertz CT molecular complexity index is 270. The third-order valence-corrected chi connectivity index (χ3v) is 1.10. The van der Waals surface area contributed by atoms with Gasteiger partial charge in [0.2, 0.25) is 5.91 Å². The second-order valence-corrected chi connectivity index (χ2v) is 1.98. The third kappa shape index (κ3) is 3.28. The van der Waals surface area contributed by atoms with Gasteiger partial charge in [-0.2, -0.15) is 0 Å². The molecule has 1 unspecified atom stereocenters. The molecule has 0 radical (unpaired) electrons. The number of hydrogen-bond acceptors (Lipinski definition) is 2. The lowest BCUT2D eigenvalue weighted by molar-refractivity contribution is -0.124. The van der Waals surface area contributed by atoms with E-state index in [0.29, 0.717) is 0 Å². The molecule has 0 aliphatic rings. The topological polar surface area (TPSA) is 72.2 Å². The van der Waals surface area contributed by atoms with Gasteiger partial charge in [0.25, 0.3) is 5.91 Å². The second-order valence-electron chi connectivity index (χ2n) is 1.98. The first-order chi connectivity index (χ1) is 5.61. The van der Waals surface area contributed by atoms with Gasteiger partial charge in [-0.05, 0) is 5.92 Å². The van der Waals surface area contributed by atoms with Crippen LogP contribution in [0.3, 0.4) is 0 Å². The Hall–Kier alpha value is -1.94. The molecule has 0 fully saturated rings. The van der Waals surface area contributed by atoms with E-state index < -0.39 is 17.9 Å². The van der Waals surface area contributed by atoms with Crippen LogP contribution >= 0.6 is 0 Å². The quantitative estimate of drug-likeness (QED) is 0.504. The van der Waals surface area contributed by atoms with E-state index >= 15 is 0 Å². The first kappa shape index (κ1) is 10.1. The Balaban J connectivity index is 4.18. The molecular formula is C8H8N2O2. The molecule has 62 valence electrons. The molecular weight excluding hydrogens is 156 g/mol. The number of carbonyl (C=O) groups is 2. The highest BCUT2D eigenvalue weighted by atomic mass is 16.2. The number of primary amides is 1. The molecule has 4 nitrogen and oxygen atoms in total. The number of hydrogen-bond donors (Lipinski definition) is 2. The van der Waals surface area contributed by atoms with E-state index in [9.17, 15) is 9.59 Å². The number of amides is 2. The lowest BCUT2D eigenvalue weighted by Crippen LogP contribution is -2.43. The summed E-state index contributed by atoms with van der Waals surface area (Å²) in [4.78, 5) is 21.2. The maximum atomic E-state index is 10.6. The lowest BCUT2D eigenvalue weighted by Gasteiger charge is -2.09. The summed E-state index contributed by atoms with van der Waals surface area (Å²) < 4.78 is 0. The van der Waals surface area contributed by atoms with E-state index in [1.54, 1.807) is 5.92 Å². The molecule has 3 N–H and O–H groups in total. The zero-order valence-electron chi connectivity index (χ0n) is 6.33. The van der Waals surface area contributed by atoms with Crippen molar-refractivity contribution in [3.63, 3.8) is 0 Å². The molecule has 0 spiro atoms. The van der Waals surface area contributed by atoms with Crippen molar-refractivity contribution >= 4 is 11.8 Å². The molecule has 0 aromatic carbocycles. The third-order valence-electron chi connectivity index (χ3n) is 1.10. The average molecular weight is 164 g/mol. The number of nitrogens with two attached hydrogens (primary N) is 1. The molecule has 12 heavy (non-hydrogen) atoms. The van der Waals surface area contributed by atoms with Crippen LogP contribution in [0.25, 0.3) is 0 Å². The summed E-state index contributed by atoms with van der Waals surface area (Å²) in [6.45, 7) is 0. The summed E-state index contributed by atoms with van der Waals surface area (Å²) in [5, 5.41) is 2.17. The predicted octanol–water partition coefficient (Wildman–Crippen LogP) is -1.39. The Morgan fingerprint density at radius 1 is 1.50 bits per heavy atom. The van der Waals surface area contributed by atoms with Crippen molar-refractivity contribution in [3.05, 3.63) is 0 Å². The maximum Gasteiger partial charge on any atom is 0.296 e. The summed E-state index contributed by atoms with van der Waals surface area (Å²) in [5.41, 5.74) is 4.91. The standard InChI is InChI=1S/C8H8N2O2/c1-3-5-6(8(9)12)10-7(11)4-2/h1-2,6H,5H2,(H2,9,12)(H,10,11). The van der Waals surface area contributed by atoms with Crippen LogP contribution in [0.4, 0.5) is 0 Å². The molecule has 0 bridgehead atoms. The van der Waals surface area contributed by atoms with Crippen LogP contribution in [0.1, 0.15) is 6.42 Å². The van der Waals surface area contributed by atoms with Crippen molar-refractivity contribution < 1.29 is 9.59 Å². The molecule has 2 amide bonds. The van der Waals surface area contributed by atoms with Crippen molar-refractivity contribution in [1.82, 2.24) is 5.32 Å². The fourth-order valence-electron chi connectivity index (χ4n) is 0.541. The number of carbonyl (C=O) groups excluding carboxylic acids is 2. The van der Waals surface area contributed by atoms with Gasteiger partial charge in [-0.1, -0.05) is 0 Å². The van der Waals surface area contributed by atoms with E-state index in [1.807, 2.05) is 0 Å². The average Bonchev–Trinajstić information content (AvgIpc) is 2.03. The van der Waals surface area contributed by atoms with Gasteiger partial charge in [0.05, 0.1) is 0 Å². The van der Waals surface area contributed by atoms with Gasteiger partial charge in [-0.3, -0.25) is 9.59 Å². The van der Waals surface area contributed by atoms with Gasteiger partial charge in [-0.25, -0.2) is 0 Å². The van der Waals surface area contributed by atoms with Crippen LogP contribution in [-0.4, -0.2) is 17.9 Å². The van der Waals surface area contributed by atoms with Crippen LogP contribution < -0.4 is 11.1 Å².